The lowest BCUT2D eigenvalue weighted by molar-refractivity contribution is -0.135. The molecule has 0 radical (unpaired) electrons. The van der Waals surface area contributed by atoms with Gasteiger partial charge in [-0.1, -0.05) is 31.5 Å². The number of carbonyl (C=O) groups is 1. The number of carbonyl (C=O) groups excluding carboxylic acids is 1. The number of hydrogen-bond acceptors (Lipinski definition) is 3. The van der Waals surface area contributed by atoms with Crippen molar-refractivity contribution in [2.75, 3.05) is 20.1 Å². The maximum Gasteiger partial charge on any atom is 0.225 e. The van der Waals surface area contributed by atoms with Crippen molar-refractivity contribution in [2.45, 2.75) is 45.6 Å². The van der Waals surface area contributed by atoms with E-state index in [1.54, 1.807) is 0 Å². The van der Waals surface area contributed by atoms with Gasteiger partial charge in [0.1, 0.15) is 11.3 Å². The molecular weight excluding hydrogens is 336 g/mol. The number of hydrogen-bond donors (Lipinski definition) is 1. The lowest BCUT2D eigenvalue weighted by Crippen LogP contribution is -2.39. The van der Waals surface area contributed by atoms with E-state index < -0.39 is 0 Å². The number of furan rings is 1. The average Bonchev–Trinajstić information content (AvgIpc) is 2.97. The van der Waals surface area contributed by atoms with Crippen LogP contribution in [0.4, 0.5) is 0 Å². The molecule has 0 bridgehead atoms. The van der Waals surface area contributed by atoms with E-state index in [0.717, 1.165) is 61.9 Å². The van der Waals surface area contributed by atoms with Crippen molar-refractivity contribution in [1.82, 2.24) is 10.2 Å². The first-order chi connectivity index (χ1) is 11.7. The molecule has 0 saturated carbocycles. The van der Waals surface area contributed by atoms with Gasteiger partial charge in [0.25, 0.3) is 0 Å². The average molecular weight is 365 g/mol. The van der Waals surface area contributed by atoms with Crippen LogP contribution in [0.5, 0.6) is 0 Å². The van der Waals surface area contributed by atoms with Crippen LogP contribution in [0.25, 0.3) is 11.0 Å². The summed E-state index contributed by atoms with van der Waals surface area (Å²) in [5, 5.41) is 4.47. The zero-order valence-electron chi connectivity index (χ0n) is 15.2. The lowest BCUT2D eigenvalue weighted by atomic mass is 9.96. The highest BCUT2D eigenvalue weighted by molar-refractivity contribution is 5.85. The van der Waals surface area contributed by atoms with Gasteiger partial charge in [-0.25, -0.2) is 0 Å². The van der Waals surface area contributed by atoms with Gasteiger partial charge in [-0.05, 0) is 38.4 Å². The Morgan fingerprint density at radius 2 is 2.00 bits per heavy atom. The Labute approximate surface area is 156 Å². The highest BCUT2D eigenvalue weighted by Crippen LogP contribution is 2.29. The van der Waals surface area contributed by atoms with Crippen molar-refractivity contribution < 1.29 is 9.21 Å². The van der Waals surface area contributed by atoms with Gasteiger partial charge >= 0.3 is 0 Å². The Morgan fingerprint density at radius 3 is 2.72 bits per heavy atom. The molecular formula is C20H29ClN2O2. The SMILES string of the molecule is CCCCc1oc2ccccc2c1CN(C)C(=O)C1CCNCC1.Cl. The summed E-state index contributed by atoms with van der Waals surface area (Å²) in [6, 6.07) is 8.16. The van der Waals surface area contributed by atoms with Crippen LogP contribution in [0.1, 0.15) is 43.9 Å². The summed E-state index contributed by atoms with van der Waals surface area (Å²) in [4.78, 5) is 14.6. The molecule has 0 spiro atoms. The number of rotatable bonds is 6. The molecule has 138 valence electrons. The maximum atomic E-state index is 12.8. The van der Waals surface area contributed by atoms with Crippen LogP contribution in [-0.2, 0) is 17.8 Å². The largest absolute Gasteiger partial charge is 0.461 e. The Bertz CT molecular complexity index is 692. The second kappa shape index (κ2) is 9.25. The second-order valence-corrected chi connectivity index (χ2v) is 6.82. The first-order valence-electron chi connectivity index (χ1n) is 9.15. The van der Waals surface area contributed by atoms with Crippen molar-refractivity contribution in [2.24, 2.45) is 5.92 Å². The van der Waals surface area contributed by atoms with Gasteiger partial charge in [0.15, 0.2) is 0 Å². The number of halogens is 1. The van der Waals surface area contributed by atoms with Crippen molar-refractivity contribution in [3.63, 3.8) is 0 Å². The molecule has 2 aromatic rings. The molecule has 25 heavy (non-hydrogen) atoms. The molecule has 1 aromatic heterocycles. The molecule has 0 unspecified atom stereocenters. The fourth-order valence-electron chi connectivity index (χ4n) is 3.56. The van der Waals surface area contributed by atoms with Crippen LogP contribution < -0.4 is 5.32 Å². The summed E-state index contributed by atoms with van der Waals surface area (Å²) >= 11 is 0. The Hall–Kier alpha value is -1.52. The van der Waals surface area contributed by atoms with Crippen molar-refractivity contribution in [1.29, 1.82) is 0 Å². The molecule has 2 heterocycles. The number of benzene rings is 1. The number of nitrogens with one attached hydrogen (secondary N) is 1. The molecule has 0 aliphatic carbocycles. The highest BCUT2D eigenvalue weighted by atomic mass is 35.5. The van der Waals surface area contributed by atoms with Crippen LogP contribution in [-0.4, -0.2) is 30.9 Å². The van der Waals surface area contributed by atoms with Crippen LogP contribution in [0, 0.1) is 5.92 Å². The van der Waals surface area contributed by atoms with Crippen LogP contribution in [0.15, 0.2) is 28.7 Å². The molecule has 4 nitrogen and oxygen atoms in total. The predicted octanol–water partition coefficient (Wildman–Crippen LogP) is 4.16. The molecule has 1 aliphatic rings. The van der Waals surface area contributed by atoms with E-state index >= 15 is 0 Å². The topological polar surface area (TPSA) is 45.5 Å². The van der Waals surface area contributed by atoms with E-state index in [9.17, 15) is 4.79 Å². The molecule has 5 heteroatoms. The van der Waals surface area contributed by atoms with Gasteiger partial charge in [0.2, 0.25) is 5.91 Å². The fraction of sp³-hybridized carbons (Fsp3) is 0.550. The van der Waals surface area contributed by atoms with E-state index in [-0.39, 0.29) is 24.2 Å². The van der Waals surface area contributed by atoms with Gasteiger partial charge in [-0.15, -0.1) is 12.4 Å². The molecule has 1 aromatic carbocycles. The molecule has 1 fully saturated rings. The number of para-hydroxylation sites is 1. The lowest BCUT2D eigenvalue weighted by Gasteiger charge is -2.27. The van der Waals surface area contributed by atoms with Crippen LogP contribution in [0.3, 0.4) is 0 Å². The predicted molar refractivity (Wildman–Crippen MR) is 104 cm³/mol. The first kappa shape index (κ1) is 19.8. The molecule has 1 amide bonds. The van der Waals surface area contributed by atoms with Gasteiger partial charge in [0, 0.05) is 36.9 Å². The maximum absolute atomic E-state index is 12.8. The first-order valence-corrected chi connectivity index (χ1v) is 9.15. The quantitative estimate of drug-likeness (QED) is 0.837. The fourth-order valence-corrected chi connectivity index (χ4v) is 3.56. The molecule has 3 rings (SSSR count). The van der Waals surface area contributed by atoms with E-state index in [4.69, 9.17) is 4.42 Å². The number of piperidine rings is 1. The van der Waals surface area contributed by atoms with Crippen LogP contribution >= 0.6 is 12.4 Å². The zero-order chi connectivity index (χ0) is 16.9. The third-order valence-electron chi connectivity index (χ3n) is 5.00. The number of aryl methyl sites for hydroxylation is 1. The monoisotopic (exact) mass is 364 g/mol. The molecule has 1 saturated heterocycles. The van der Waals surface area contributed by atoms with Gasteiger partial charge in [0.05, 0.1) is 0 Å². The van der Waals surface area contributed by atoms with E-state index in [2.05, 4.69) is 18.3 Å². The third kappa shape index (κ3) is 4.56. The molecule has 1 N–H and O–H groups in total. The summed E-state index contributed by atoms with van der Waals surface area (Å²) < 4.78 is 6.08. The Balaban J connectivity index is 0.00000225. The number of amides is 1. The highest BCUT2D eigenvalue weighted by Gasteiger charge is 2.25. The normalized spacial score (nSPS) is 15.1. The second-order valence-electron chi connectivity index (χ2n) is 6.82. The number of fused-ring (bicyclic) bond motifs is 1. The molecule has 1 aliphatic heterocycles. The minimum Gasteiger partial charge on any atom is -0.461 e. The third-order valence-corrected chi connectivity index (χ3v) is 5.00. The number of unbranched alkanes of at least 4 members (excludes halogenated alkanes) is 1. The van der Waals surface area contributed by atoms with Crippen molar-refractivity contribution in [3.05, 3.63) is 35.6 Å². The summed E-state index contributed by atoms with van der Waals surface area (Å²) in [7, 11) is 1.93. The van der Waals surface area contributed by atoms with Gasteiger partial charge in [-0.3, -0.25) is 4.79 Å². The van der Waals surface area contributed by atoms with Gasteiger partial charge in [-0.2, -0.15) is 0 Å². The Kier molecular flexibility index (Phi) is 7.33. The standard InChI is InChI=1S/C20H28N2O2.ClH/c1-3-4-8-19-17(16-7-5-6-9-18(16)24-19)14-22(2)20(23)15-10-12-21-13-11-15;/h5-7,9,15,21H,3-4,8,10-14H2,1-2H3;1H. The zero-order valence-corrected chi connectivity index (χ0v) is 16.0. The van der Waals surface area contributed by atoms with Crippen molar-refractivity contribution >= 4 is 29.3 Å². The van der Waals surface area contributed by atoms with Crippen molar-refractivity contribution in [3.8, 4) is 0 Å². The number of nitrogens with zero attached hydrogens (tertiary/aromatic N) is 1. The summed E-state index contributed by atoms with van der Waals surface area (Å²) in [6.45, 7) is 4.72. The van der Waals surface area contributed by atoms with E-state index in [1.807, 2.05) is 30.1 Å². The van der Waals surface area contributed by atoms with Crippen LogP contribution in [0.2, 0.25) is 0 Å². The minimum absolute atomic E-state index is 0. The Morgan fingerprint density at radius 1 is 1.28 bits per heavy atom. The smallest absolute Gasteiger partial charge is 0.225 e. The summed E-state index contributed by atoms with van der Waals surface area (Å²) in [5.74, 6) is 1.47. The van der Waals surface area contributed by atoms with Gasteiger partial charge < -0.3 is 14.6 Å². The summed E-state index contributed by atoms with van der Waals surface area (Å²) in [6.07, 6.45) is 5.07. The summed E-state index contributed by atoms with van der Waals surface area (Å²) in [5.41, 5.74) is 2.12. The van der Waals surface area contributed by atoms with E-state index in [0.29, 0.717) is 6.54 Å². The minimum atomic E-state index is 0. The molecule has 0 atom stereocenters. The van der Waals surface area contributed by atoms with E-state index in [1.165, 1.54) is 5.56 Å².